The molecule has 2 aliphatic heterocycles. The summed E-state index contributed by atoms with van der Waals surface area (Å²) in [7, 11) is 0. The van der Waals surface area contributed by atoms with Crippen LogP contribution in [0.25, 0.3) is 0 Å². The fourth-order valence-corrected chi connectivity index (χ4v) is 4.81. The molecule has 1 spiro atoms. The molecule has 1 saturated heterocycles. The van der Waals surface area contributed by atoms with Gasteiger partial charge in [0.25, 0.3) is 5.91 Å². The summed E-state index contributed by atoms with van der Waals surface area (Å²) in [5, 5.41) is 1.04. The van der Waals surface area contributed by atoms with Gasteiger partial charge < -0.3 is 4.90 Å². The molecule has 1 fully saturated rings. The maximum absolute atomic E-state index is 13.3. The van der Waals surface area contributed by atoms with Gasteiger partial charge >= 0.3 is 0 Å². The second-order valence-electron chi connectivity index (χ2n) is 7.36. The van der Waals surface area contributed by atoms with Crippen molar-refractivity contribution in [3.8, 4) is 0 Å². The molecular formula is C21H20BrCl2N3O. The van der Waals surface area contributed by atoms with Crippen LogP contribution < -0.4 is 4.90 Å². The lowest BCUT2D eigenvalue weighted by atomic mass is 9.74. The van der Waals surface area contributed by atoms with Crippen LogP contribution in [0.3, 0.4) is 0 Å². The van der Waals surface area contributed by atoms with E-state index in [2.05, 4.69) is 31.9 Å². The van der Waals surface area contributed by atoms with E-state index in [1.165, 1.54) is 5.56 Å². The Hall–Kier alpha value is -1.40. The van der Waals surface area contributed by atoms with Crippen molar-refractivity contribution < 1.29 is 4.79 Å². The van der Waals surface area contributed by atoms with E-state index in [1.54, 1.807) is 18.3 Å². The van der Waals surface area contributed by atoms with Gasteiger partial charge in [0, 0.05) is 41.0 Å². The standard InChI is InChI=1S/C21H20BrCl2N3O/c22-7-1-9-26-10-5-21(6-11-26)14-27(18-3-2-16(23)13-17(18)21)20(28)15-4-8-25-19(24)12-15/h1-4,7-8,12-13H,5-6,9-11,14H2/b7-1-. The summed E-state index contributed by atoms with van der Waals surface area (Å²) in [4.78, 5) is 23.5. The smallest absolute Gasteiger partial charge is 0.258 e. The number of hydrogen-bond donors (Lipinski definition) is 0. The first kappa shape index (κ1) is 19.9. The highest BCUT2D eigenvalue weighted by molar-refractivity contribution is 9.11. The molecule has 0 N–H and O–H groups in total. The van der Waals surface area contributed by atoms with Crippen LogP contribution in [0, 0.1) is 0 Å². The molecule has 1 aromatic carbocycles. The Balaban J connectivity index is 1.65. The fraction of sp³-hybridized carbons (Fsp3) is 0.333. The summed E-state index contributed by atoms with van der Waals surface area (Å²) in [5.74, 6) is -0.0469. The molecule has 146 valence electrons. The molecule has 0 radical (unpaired) electrons. The molecule has 1 aromatic heterocycles. The quantitative estimate of drug-likeness (QED) is 0.560. The van der Waals surface area contributed by atoms with Crippen molar-refractivity contribution in [1.29, 1.82) is 0 Å². The van der Waals surface area contributed by atoms with Gasteiger partial charge in [-0.1, -0.05) is 45.2 Å². The topological polar surface area (TPSA) is 36.4 Å². The minimum atomic E-state index is -0.0542. The third-order valence-corrected chi connectivity index (χ3v) is 6.58. The maximum atomic E-state index is 13.3. The molecule has 0 aliphatic carbocycles. The lowest BCUT2D eigenvalue weighted by molar-refractivity contribution is 0.0977. The van der Waals surface area contributed by atoms with Crippen molar-refractivity contribution >= 4 is 50.7 Å². The molecule has 0 unspecified atom stereocenters. The summed E-state index contributed by atoms with van der Waals surface area (Å²) in [6.45, 7) is 3.59. The summed E-state index contributed by atoms with van der Waals surface area (Å²) < 4.78 is 0. The molecule has 1 amide bonds. The number of nitrogens with zero attached hydrogens (tertiary/aromatic N) is 3. The molecule has 0 atom stereocenters. The van der Waals surface area contributed by atoms with E-state index < -0.39 is 0 Å². The molecule has 3 heterocycles. The van der Waals surface area contributed by atoms with Crippen molar-refractivity contribution in [2.24, 2.45) is 0 Å². The number of carbonyl (C=O) groups excluding carboxylic acids is 1. The van der Waals surface area contributed by atoms with Crippen LogP contribution >= 0.6 is 39.1 Å². The number of rotatable bonds is 3. The van der Waals surface area contributed by atoms with Crippen molar-refractivity contribution in [3.05, 3.63) is 68.9 Å². The van der Waals surface area contributed by atoms with Gasteiger partial charge in [0.15, 0.2) is 0 Å². The van der Waals surface area contributed by atoms with Crippen LogP contribution in [-0.4, -0.2) is 42.0 Å². The highest BCUT2D eigenvalue weighted by Gasteiger charge is 2.46. The van der Waals surface area contributed by atoms with Crippen LogP contribution in [0.4, 0.5) is 5.69 Å². The number of likely N-dealkylation sites (tertiary alicyclic amines) is 1. The van der Waals surface area contributed by atoms with Crippen molar-refractivity contribution in [2.45, 2.75) is 18.3 Å². The molecule has 0 bridgehead atoms. The van der Waals surface area contributed by atoms with E-state index in [4.69, 9.17) is 23.2 Å². The lowest BCUT2D eigenvalue weighted by Crippen LogP contribution is -2.46. The number of pyridine rings is 1. The van der Waals surface area contributed by atoms with Gasteiger partial charge in [-0.2, -0.15) is 0 Å². The second-order valence-corrected chi connectivity index (χ2v) is 8.71. The highest BCUT2D eigenvalue weighted by atomic mass is 79.9. The number of anilines is 1. The zero-order chi connectivity index (χ0) is 19.7. The van der Waals surface area contributed by atoms with Crippen molar-refractivity contribution in [2.75, 3.05) is 31.1 Å². The van der Waals surface area contributed by atoms with E-state index in [0.717, 1.165) is 38.2 Å². The number of amides is 1. The molecule has 0 saturated carbocycles. The SMILES string of the molecule is O=C(c1ccnc(Cl)c1)N1CC2(CCN(C/C=C\Br)CC2)c2cc(Cl)ccc21. The first-order valence-corrected chi connectivity index (χ1v) is 10.9. The molecular weight excluding hydrogens is 461 g/mol. The van der Waals surface area contributed by atoms with E-state index >= 15 is 0 Å². The van der Waals surface area contributed by atoms with Gasteiger partial charge in [-0.05, 0) is 66.8 Å². The summed E-state index contributed by atoms with van der Waals surface area (Å²) in [5.41, 5.74) is 2.64. The summed E-state index contributed by atoms with van der Waals surface area (Å²) in [6, 6.07) is 9.20. The average molecular weight is 481 g/mol. The first-order valence-electron chi connectivity index (χ1n) is 9.23. The van der Waals surface area contributed by atoms with Gasteiger partial charge in [0.05, 0.1) is 0 Å². The molecule has 2 aromatic rings. The van der Waals surface area contributed by atoms with Crippen LogP contribution in [0.2, 0.25) is 10.2 Å². The van der Waals surface area contributed by atoms with Crippen molar-refractivity contribution in [3.63, 3.8) is 0 Å². The predicted octanol–water partition coefficient (Wildman–Crippen LogP) is 5.29. The number of benzene rings is 1. The Labute approximate surface area is 183 Å². The molecule has 4 nitrogen and oxygen atoms in total. The van der Waals surface area contributed by atoms with Gasteiger partial charge in [0.1, 0.15) is 5.15 Å². The maximum Gasteiger partial charge on any atom is 0.258 e. The summed E-state index contributed by atoms with van der Waals surface area (Å²) in [6.07, 6.45) is 5.68. The van der Waals surface area contributed by atoms with Crippen LogP contribution in [0.5, 0.6) is 0 Å². The van der Waals surface area contributed by atoms with E-state index in [-0.39, 0.29) is 11.3 Å². The zero-order valence-electron chi connectivity index (χ0n) is 15.2. The number of aromatic nitrogens is 1. The average Bonchev–Trinajstić information content (AvgIpc) is 3.00. The molecule has 4 rings (SSSR count). The molecule has 7 heteroatoms. The predicted molar refractivity (Wildman–Crippen MR) is 118 cm³/mol. The van der Waals surface area contributed by atoms with E-state index in [0.29, 0.717) is 22.3 Å². The van der Waals surface area contributed by atoms with Crippen LogP contribution in [0.15, 0.2) is 47.6 Å². The number of hydrogen-bond acceptors (Lipinski definition) is 3. The third-order valence-electron chi connectivity index (χ3n) is 5.77. The monoisotopic (exact) mass is 479 g/mol. The van der Waals surface area contributed by atoms with Crippen LogP contribution in [0.1, 0.15) is 28.8 Å². The lowest BCUT2D eigenvalue weighted by Gasteiger charge is -2.39. The number of carbonyl (C=O) groups is 1. The third kappa shape index (κ3) is 3.73. The molecule has 28 heavy (non-hydrogen) atoms. The summed E-state index contributed by atoms with van der Waals surface area (Å²) >= 11 is 15.7. The Morgan fingerprint density at radius 1 is 1.21 bits per heavy atom. The number of halogens is 3. The van der Waals surface area contributed by atoms with Gasteiger partial charge in [-0.25, -0.2) is 4.98 Å². The van der Waals surface area contributed by atoms with Crippen molar-refractivity contribution in [1.82, 2.24) is 9.88 Å². The zero-order valence-corrected chi connectivity index (χ0v) is 18.3. The minimum Gasteiger partial charge on any atom is -0.307 e. The number of piperidine rings is 1. The Morgan fingerprint density at radius 3 is 2.71 bits per heavy atom. The fourth-order valence-electron chi connectivity index (χ4n) is 4.29. The second kappa shape index (κ2) is 8.15. The Morgan fingerprint density at radius 2 is 2.00 bits per heavy atom. The van der Waals surface area contributed by atoms with E-state index in [9.17, 15) is 4.79 Å². The van der Waals surface area contributed by atoms with Gasteiger partial charge in [-0.3, -0.25) is 9.69 Å². The highest BCUT2D eigenvalue weighted by Crippen LogP contribution is 2.48. The number of fused-ring (bicyclic) bond motifs is 2. The van der Waals surface area contributed by atoms with E-state index in [1.807, 2.05) is 28.1 Å². The minimum absolute atomic E-state index is 0.0469. The Bertz CT molecular complexity index is 926. The van der Waals surface area contributed by atoms with Gasteiger partial charge in [-0.15, -0.1) is 0 Å². The largest absolute Gasteiger partial charge is 0.307 e. The molecule has 2 aliphatic rings. The van der Waals surface area contributed by atoms with Crippen LogP contribution in [-0.2, 0) is 5.41 Å². The Kier molecular flexibility index (Phi) is 5.79. The van der Waals surface area contributed by atoms with Gasteiger partial charge in [0.2, 0.25) is 0 Å². The first-order chi connectivity index (χ1) is 13.5. The normalized spacial score (nSPS) is 18.8.